The van der Waals surface area contributed by atoms with Crippen LogP contribution in [-0.2, 0) is 16.6 Å². The van der Waals surface area contributed by atoms with Crippen LogP contribution in [0.3, 0.4) is 0 Å². The molecule has 4 atom stereocenters. The van der Waals surface area contributed by atoms with Crippen LogP contribution in [0.15, 0.2) is 48.5 Å². The van der Waals surface area contributed by atoms with Crippen LogP contribution in [0.1, 0.15) is 23.1 Å². The number of nitrogens with zero attached hydrogens (tertiary/aromatic N) is 1. The lowest BCUT2D eigenvalue weighted by atomic mass is 9.50. The minimum atomic E-state index is -1.24. The maximum absolute atomic E-state index is 13.6. The van der Waals surface area contributed by atoms with Crippen molar-refractivity contribution in [2.45, 2.75) is 36.0 Å². The number of aliphatic hydroxyl groups is 1. The lowest BCUT2D eigenvalue weighted by Crippen LogP contribution is -2.75. The molecule has 28 heavy (non-hydrogen) atoms. The van der Waals surface area contributed by atoms with Crippen LogP contribution in [0.2, 0.25) is 0 Å². The number of Topliss-reactive ketones (excluding diaryl/α,β-unsaturated/α-hetero) is 1. The molecule has 1 spiro atoms. The number of ether oxygens (including phenoxy) is 1. The van der Waals surface area contributed by atoms with Crippen LogP contribution in [0.4, 0.5) is 0 Å². The Morgan fingerprint density at radius 3 is 2.75 bits per heavy atom. The van der Waals surface area contributed by atoms with Crippen molar-refractivity contribution in [2.75, 3.05) is 13.6 Å². The number of ketones is 1. The summed E-state index contributed by atoms with van der Waals surface area (Å²) in [5, 5.41) is 22.7. The van der Waals surface area contributed by atoms with Gasteiger partial charge in [-0.1, -0.05) is 36.4 Å². The summed E-state index contributed by atoms with van der Waals surface area (Å²) in [5.74, 6) is 0.291. The fourth-order valence-corrected chi connectivity index (χ4v) is 6.05. The molecule has 1 saturated heterocycles. The Morgan fingerprint density at radius 2 is 1.96 bits per heavy atom. The van der Waals surface area contributed by atoms with Gasteiger partial charge in [0, 0.05) is 17.2 Å². The predicted octanol–water partition coefficient (Wildman–Crippen LogP) is 2.05. The number of carbonyl (C=O) groups is 1. The van der Waals surface area contributed by atoms with E-state index in [-0.39, 0.29) is 17.6 Å². The van der Waals surface area contributed by atoms with E-state index in [1.165, 1.54) is 0 Å². The minimum Gasteiger partial charge on any atom is -0.504 e. The first-order valence-electron chi connectivity index (χ1n) is 9.74. The highest BCUT2D eigenvalue weighted by Gasteiger charge is 2.72. The molecule has 2 heterocycles. The first-order chi connectivity index (χ1) is 13.5. The molecule has 1 unspecified atom stereocenters. The van der Waals surface area contributed by atoms with Gasteiger partial charge in [-0.2, -0.15) is 0 Å². The predicted molar refractivity (Wildman–Crippen MR) is 103 cm³/mol. The molecule has 4 aliphatic rings. The van der Waals surface area contributed by atoms with Crippen LogP contribution >= 0.6 is 0 Å². The van der Waals surface area contributed by atoms with Gasteiger partial charge in [0.1, 0.15) is 5.60 Å². The van der Waals surface area contributed by atoms with Crippen molar-refractivity contribution < 1.29 is 19.7 Å². The van der Waals surface area contributed by atoms with Gasteiger partial charge in [-0.25, -0.2) is 0 Å². The lowest BCUT2D eigenvalue weighted by Gasteiger charge is -2.60. The Kier molecular flexibility index (Phi) is 2.94. The Bertz CT molecular complexity index is 1060. The second kappa shape index (κ2) is 5.04. The quantitative estimate of drug-likeness (QED) is 0.798. The highest BCUT2D eigenvalue weighted by atomic mass is 16.5. The van der Waals surface area contributed by atoms with E-state index in [0.717, 1.165) is 23.2 Å². The minimum absolute atomic E-state index is 0.0383. The second-order valence-electron chi connectivity index (χ2n) is 8.48. The molecule has 0 amide bonds. The van der Waals surface area contributed by atoms with Gasteiger partial charge in [0.25, 0.3) is 0 Å². The maximum atomic E-state index is 13.6. The van der Waals surface area contributed by atoms with E-state index in [2.05, 4.69) is 4.90 Å². The molecule has 2 aromatic carbocycles. The second-order valence-corrected chi connectivity index (χ2v) is 8.48. The molecule has 2 aromatic rings. The summed E-state index contributed by atoms with van der Waals surface area (Å²) >= 11 is 0. The number of likely N-dealkylation sites (tertiary alicyclic amines) is 1. The summed E-state index contributed by atoms with van der Waals surface area (Å²) in [7, 11) is 2.03. The van der Waals surface area contributed by atoms with Crippen molar-refractivity contribution in [3.63, 3.8) is 0 Å². The van der Waals surface area contributed by atoms with Crippen LogP contribution in [-0.4, -0.2) is 52.2 Å². The summed E-state index contributed by atoms with van der Waals surface area (Å²) in [6.45, 7) is 0.767. The van der Waals surface area contributed by atoms with Crippen LogP contribution in [0.25, 0.3) is 5.57 Å². The number of carbonyl (C=O) groups excluding carboxylic acids is 1. The molecule has 6 rings (SSSR count). The van der Waals surface area contributed by atoms with Crippen molar-refractivity contribution >= 4 is 11.4 Å². The fraction of sp³-hybridized carbons (Fsp3) is 0.348. The first kappa shape index (κ1) is 16.3. The Hall–Kier alpha value is -2.63. The smallest absolute Gasteiger partial charge is 0.204 e. The highest BCUT2D eigenvalue weighted by molar-refractivity contribution is 6.25. The van der Waals surface area contributed by atoms with E-state index in [9.17, 15) is 15.0 Å². The molecule has 0 saturated carbocycles. The normalized spacial score (nSPS) is 35.2. The number of likely N-dealkylation sites (N-methyl/N-ethyl adjacent to an activating group) is 1. The van der Waals surface area contributed by atoms with E-state index in [1.807, 2.05) is 43.4 Å². The third-order valence-corrected chi connectivity index (χ3v) is 7.33. The monoisotopic (exact) mass is 375 g/mol. The van der Waals surface area contributed by atoms with E-state index in [4.69, 9.17) is 4.74 Å². The van der Waals surface area contributed by atoms with E-state index < -0.39 is 17.1 Å². The number of hydrogen-bond acceptors (Lipinski definition) is 5. The molecule has 2 N–H and O–H groups in total. The average Bonchev–Trinajstić information content (AvgIpc) is 3.06. The van der Waals surface area contributed by atoms with Gasteiger partial charge in [0.2, 0.25) is 5.78 Å². The number of phenolic OH excluding ortho intramolecular Hbond substituents is 1. The van der Waals surface area contributed by atoms with Crippen LogP contribution in [0, 0.1) is 0 Å². The molecule has 5 heteroatoms. The standard InChI is InChI=1S/C23H21NO4/c1-24-10-9-22-18-14-7-8-16(25)20(18)28-21(22)19(26)15(13-5-3-2-4-6-13)12-23(22,27)17(24)11-14/h2-8,12,17,21,25,27H,9-11H2,1H3/t17?,21-,22-,23+/m0/s1. The summed E-state index contributed by atoms with van der Waals surface area (Å²) in [5.41, 5.74) is 1.09. The summed E-state index contributed by atoms with van der Waals surface area (Å²) in [6.07, 6.45) is 2.22. The zero-order chi connectivity index (χ0) is 19.3. The highest BCUT2D eigenvalue weighted by Crippen LogP contribution is 2.64. The molecule has 0 aromatic heterocycles. The van der Waals surface area contributed by atoms with Crippen molar-refractivity contribution in [1.29, 1.82) is 0 Å². The molecule has 2 aliphatic heterocycles. The number of benzene rings is 2. The van der Waals surface area contributed by atoms with Gasteiger partial charge in [-0.05, 0) is 49.7 Å². The third kappa shape index (κ3) is 1.64. The molecule has 2 aliphatic carbocycles. The van der Waals surface area contributed by atoms with Crippen molar-refractivity contribution in [2.24, 2.45) is 0 Å². The SMILES string of the molecule is CN1CC[C@]23c4c5ccc(O)c4O[C@H]2C(=O)C(c2ccccc2)=C[C@@]3(O)C1C5. The number of phenols is 1. The molecule has 2 bridgehead atoms. The van der Waals surface area contributed by atoms with Crippen molar-refractivity contribution in [3.8, 4) is 11.5 Å². The van der Waals surface area contributed by atoms with E-state index >= 15 is 0 Å². The van der Waals surface area contributed by atoms with E-state index in [0.29, 0.717) is 24.2 Å². The average molecular weight is 375 g/mol. The largest absolute Gasteiger partial charge is 0.504 e. The number of aromatic hydroxyl groups is 1. The van der Waals surface area contributed by atoms with Gasteiger partial charge in [-0.15, -0.1) is 0 Å². The summed E-state index contributed by atoms with van der Waals surface area (Å²) in [4.78, 5) is 15.8. The zero-order valence-corrected chi connectivity index (χ0v) is 15.6. The third-order valence-electron chi connectivity index (χ3n) is 7.33. The van der Waals surface area contributed by atoms with Gasteiger partial charge in [0.15, 0.2) is 17.6 Å². The Labute approximate surface area is 162 Å². The fourth-order valence-electron chi connectivity index (χ4n) is 6.05. The molecular weight excluding hydrogens is 354 g/mol. The Morgan fingerprint density at radius 1 is 1.18 bits per heavy atom. The van der Waals surface area contributed by atoms with Gasteiger partial charge in [0.05, 0.1) is 5.41 Å². The van der Waals surface area contributed by atoms with Gasteiger partial charge >= 0.3 is 0 Å². The van der Waals surface area contributed by atoms with Gasteiger partial charge in [-0.3, -0.25) is 9.69 Å². The molecular formula is C23H21NO4. The van der Waals surface area contributed by atoms with Crippen LogP contribution in [0.5, 0.6) is 11.5 Å². The molecule has 1 fully saturated rings. The molecule has 5 nitrogen and oxygen atoms in total. The summed E-state index contributed by atoms with van der Waals surface area (Å²) in [6, 6.07) is 12.9. The number of rotatable bonds is 1. The maximum Gasteiger partial charge on any atom is 0.204 e. The number of piperidine rings is 1. The topological polar surface area (TPSA) is 70.0 Å². The molecule has 142 valence electrons. The van der Waals surface area contributed by atoms with Gasteiger partial charge < -0.3 is 14.9 Å². The van der Waals surface area contributed by atoms with Crippen molar-refractivity contribution in [3.05, 3.63) is 65.2 Å². The Balaban J connectivity index is 1.68. The van der Waals surface area contributed by atoms with Crippen molar-refractivity contribution in [1.82, 2.24) is 4.90 Å². The first-order valence-corrected chi connectivity index (χ1v) is 9.74. The van der Waals surface area contributed by atoms with E-state index in [1.54, 1.807) is 12.1 Å². The zero-order valence-electron chi connectivity index (χ0n) is 15.6. The lowest BCUT2D eigenvalue weighted by molar-refractivity contribution is -0.150. The summed E-state index contributed by atoms with van der Waals surface area (Å²) < 4.78 is 6.15. The number of hydrogen-bond donors (Lipinski definition) is 2. The van der Waals surface area contributed by atoms with Crippen LogP contribution < -0.4 is 4.74 Å². The molecule has 0 radical (unpaired) electrons.